The summed E-state index contributed by atoms with van der Waals surface area (Å²) in [6, 6.07) is 18.3. The van der Waals surface area contributed by atoms with Crippen molar-refractivity contribution < 1.29 is 27.1 Å². The Bertz CT molecular complexity index is 1130. The van der Waals surface area contributed by atoms with Crippen molar-refractivity contribution in [2.24, 2.45) is 0 Å². The molecule has 0 bridgehead atoms. The van der Waals surface area contributed by atoms with Crippen LogP contribution in [-0.2, 0) is 10.9 Å². The molecule has 1 aliphatic rings. The van der Waals surface area contributed by atoms with Crippen molar-refractivity contribution in [2.75, 3.05) is 13.2 Å². The summed E-state index contributed by atoms with van der Waals surface area (Å²) in [5.41, 5.74) is 3.12. The molecule has 0 heterocycles. The summed E-state index contributed by atoms with van der Waals surface area (Å²) in [7, 11) is 0. The zero-order valence-electron chi connectivity index (χ0n) is 16.8. The molecule has 32 heavy (non-hydrogen) atoms. The molecule has 3 aromatic carbocycles. The van der Waals surface area contributed by atoms with Gasteiger partial charge in [0, 0.05) is 12.5 Å². The van der Waals surface area contributed by atoms with Crippen LogP contribution < -0.4 is 5.32 Å². The van der Waals surface area contributed by atoms with Crippen LogP contribution in [0.4, 0.5) is 22.4 Å². The van der Waals surface area contributed by atoms with Gasteiger partial charge >= 0.3 is 12.3 Å². The highest BCUT2D eigenvalue weighted by Gasteiger charge is 2.33. The van der Waals surface area contributed by atoms with E-state index >= 15 is 0 Å². The lowest BCUT2D eigenvalue weighted by atomic mass is 9.98. The quantitative estimate of drug-likeness (QED) is 0.466. The molecule has 1 N–H and O–H groups in total. The van der Waals surface area contributed by atoms with Gasteiger partial charge in [-0.25, -0.2) is 9.18 Å². The summed E-state index contributed by atoms with van der Waals surface area (Å²) in [5.74, 6) is -1.05. The summed E-state index contributed by atoms with van der Waals surface area (Å²) in [5, 5.41) is 2.49. The normalized spacial score (nSPS) is 13.1. The van der Waals surface area contributed by atoms with Crippen molar-refractivity contribution >= 4 is 12.2 Å². The van der Waals surface area contributed by atoms with E-state index in [2.05, 4.69) is 5.32 Å². The first kappa shape index (κ1) is 21.6. The van der Waals surface area contributed by atoms with Gasteiger partial charge in [-0.3, -0.25) is 0 Å². The van der Waals surface area contributed by atoms with Crippen LogP contribution in [0.5, 0.6) is 0 Å². The third-order valence-corrected chi connectivity index (χ3v) is 5.33. The molecule has 1 aliphatic carbocycles. The van der Waals surface area contributed by atoms with E-state index in [1.165, 1.54) is 12.2 Å². The minimum Gasteiger partial charge on any atom is -0.449 e. The average molecular weight is 441 g/mol. The van der Waals surface area contributed by atoms with E-state index in [-0.39, 0.29) is 24.6 Å². The van der Waals surface area contributed by atoms with Crippen molar-refractivity contribution in [1.29, 1.82) is 0 Å². The molecular weight excluding hydrogens is 422 g/mol. The zero-order valence-corrected chi connectivity index (χ0v) is 16.8. The number of nitrogens with one attached hydrogen (secondary N) is 1. The average Bonchev–Trinajstić information content (AvgIpc) is 3.09. The molecule has 4 rings (SSSR count). The van der Waals surface area contributed by atoms with Gasteiger partial charge < -0.3 is 10.1 Å². The van der Waals surface area contributed by atoms with Crippen LogP contribution >= 0.6 is 0 Å². The lowest BCUT2D eigenvalue weighted by molar-refractivity contribution is -0.137. The van der Waals surface area contributed by atoms with E-state index in [0.29, 0.717) is 6.07 Å². The number of carbonyl (C=O) groups is 1. The van der Waals surface area contributed by atoms with Gasteiger partial charge in [-0.15, -0.1) is 0 Å². The fourth-order valence-electron chi connectivity index (χ4n) is 3.90. The highest BCUT2D eigenvalue weighted by molar-refractivity contribution is 5.79. The number of benzene rings is 3. The van der Waals surface area contributed by atoms with Gasteiger partial charge in [-0.05, 0) is 39.9 Å². The molecule has 0 aliphatic heterocycles. The molecular formula is C25H19F4NO2. The zero-order chi connectivity index (χ0) is 22.7. The van der Waals surface area contributed by atoms with Gasteiger partial charge in [0.15, 0.2) is 0 Å². The molecule has 1 amide bonds. The highest BCUT2D eigenvalue weighted by Crippen LogP contribution is 2.44. The molecule has 0 unspecified atom stereocenters. The Balaban J connectivity index is 1.35. The molecule has 164 valence electrons. The Kier molecular flexibility index (Phi) is 5.99. The van der Waals surface area contributed by atoms with Gasteiger partial charge in [-0.2, -0.15) is 13.2 Å². The number of carbonyl (C=O) groups excluding carboxylic acids is 1. The van der Waals surface area contributed by atoms with E-state index in [0.717, 1.165) is 34.4 Å². The standard InChI is InChI=1S/C25H19F4NO2/c26-17-12-11-16(23(14-17)25(27,28)29)6-5-13-30-24(31)32-15-22-20-9-3-1-7-18(20)19-8-2-4-10-21(19)22/h1-12,14,22H,13,15H2,(H,30,31). The van der Waals surface area contributed by atoms with Crippen LogP contribution in [-0.4, -0.2) is 19.2 Å². The van der Waals surface area contributed by atoms with Crippen molar-refractivity contribution in [2.45, 2.75) is 12.1 Å². The Morgan fingerprint density at radius 2 is 1.59 bits per heavy atom. The predicted octanol–water partition coefficient (Wildman–Crippen LogP) is 6.40. The minimum atomic E-state index is -4.68. The smallest absolute Gasteiger partial charge is 0.417 e. The van der Waals surface area contributed by atoms with E-state index in [1.807, 2.05) is 48.5 Å². The monoisotopic (exact) mass is 441 g/mol. The van der Waals surface area contributed by atoms with Crippen molar-refractivity contribution in [3.63, 3.8) is 0 Å². The molecule has 0 radical (unpaired) electrons. The van der Waals surface area contributed by atoms with E-state index in [9.17, 15) is 22.4 Å². The van der Waals surface area contributed by atoms with Gasteiger partial charge in [0.25, 0.3) is 0 Å². The molecule has 0 aromatic heterocycles. The Morgan fingerprint density at radius 3 is 2.22 bits per heavy atom. The van der Waals surface area contributed by atoms with Crippen LogP contribution in [0.25, 0.3) is 17.2 Å². The summed E-state index contributed by atoms with van der Waals surface area (Å²) in [6.07, 6.45) is -2.82. The van der Waals surface area contributed by atoms with Crippen LogP contribution in [0.15, 0.2) is 72.8 Å². The number of hydrogen-bond donors (Lipinski definition) is 1. The van der Waals surface area contributed by atoms with Crippen LogP contribution in [0.2, 0.25) is 0 Å². The van der Waals surface area contributed by atoms with Crippen molar-refractivity contribution in [3.8, 4) is 11.1 Å². The van der Waals surface area contributed by atoms with E-state index in [1.54, 1.807) is 0 Å². The lowest BCUT2D eigenvalue weighted by Gasteiger charge is -2.14. The minimum absolute atomic E-state index is 0.0364. The topological polar surface area (TPSA) is 38.3 Å². The van der Waals surface area contributed by atoms with Gasteiger partial charge in [0.2, 0.25) is 0 Å². The third kappa shape index (κ3) is 4.51. The maximum Gasteiger partial charge on any atom is 0.417 e. The highest BCUT2D eigenvalue weighted by atomic mass is 19.4. The molecule has 7 heteroatoms. The number of fused-ring (bicyclic) bond motifs is 3. The second kappa shape index (κ2) is 8.86. The Morgan fingerprint density at radius 1 is 0.969 bits per heavy atom. The van der Waals surface area contributed by atoms with Crippen LogP contribution in [0.1, 0.15) is 28.2 Å². The summed E-state index contributed by atoms with van der Waals surface area (Å²) in [6.45, 7) is 0.102. The fraction of sp³-hybridized carbons (Fsp3) is 0.160. The first-order valence-electron chi connectivity index (χ1n) is 9.96. The number of rotatable bonds is 5. The molecule has 0 fully saturated rings. The van der Waals surface area contributed by atoms with E-state index in [4.69, 9.17) is 4.74 Å². The van der Waals surface area contributed by atoms with E-state index < -0.39 is 23.7 Å². The van der Waals surface area contributed by atoms with Crippen LogP contribution in [0.3, 0.4) is 0 Å². The van der Waals surface area contributed by atoms with Crippen LogP contribution in [0, 0.1) is 5.82 Å². The second-order valence-corrected chi connectivity index (χ2v) is 7.34. The lowest BCUT2D eigenvalue weighted by Crippen LogP contribution is -2.26. The predicted molar refractivity (Wildman–Crippen MR) is 114 cm³/mol. The molecule has 0 spiro atoms. The fourth-order valence-corrected chi connectivity index (χ4v) is 3.90. The third-order valence-electron chi connectivity index (χ3n) is 5.33. The maximum atomic E-state index is 13.2. The van der Waals surface area contributed by atoms with Gasteiger partial charge in [0.1, 0.15) is 12.4 Å². The Labute approximate surface area is 182 Å². The van der Waals surface area contributed by atoms with Crippen molar-refractivity contribution in [1.82, 2.24) is 5.32 Å². The van der Waals surface area contributed by atoms with Gasteiger partial charge in [-0.1, -0.05) is 66.7 Å². The molecule has 3 aromatic rings. The first-order chi connectivity index (χ1) is 15.3. The number of amides is 1. The molecule has 3 nitrogen and oxygen atoms in total. The largest absolute Gasteiger partial charge is 0.449 e. The molecule has 0 atom stereocenters. The summed E-state index contributed by atoms with van der Waals surface area (Å²) >= 11 is 0. The van der Waals surface area contributed by atoms with Gasteiger partial charge in [0.05, 0.1) is 5.56 Å². The van der Waals surface area contributed by atoms with Crippen molar-refractivity contribution in [3.05, 3.63) is 101 Å². The number of halogens is 4. The maximum absolute atomic E-state index is 13.2. The molecule has 0 saturated carbocycles. The molecule has 0 saturated heterocycles. The Hall–Kier alpha value is -3.61. The first-order valence-corrected chi connectivity index (χ1v) is 9.96. The number of alkyl halides is 3. The summed E-state index contributed by atoms with van der Waals surface area (Å²) in [4.78, 5) is 12.1. The number of hydrogen-bond acceptors (Lipinski definition) is 2. The SMILES string of the molecule is O=C(NCC=Cc1ccc(F)cc1C(F)(F)F)OCC1c2ccccc2-c2ccccc21. The summed E-state index contributed by atoms with van der Waals surface area (Å²) < 4.78 is 57.6. The number of alkyl carbamates (subject to hydrolysis) is 1. The second-order valence-electron chi connectivity index (χ2n) is 7.34. The number of ether oxygens (including phenoxy) is 1.